The highest BCUT2D eigenvalue weighted by molar-refractivity contribution is 8.00. The van der Waals surface area contributed by atoms with Crippen molar-refractivity contribution in [1.82, 2.24) is 0 Å². The minimum atomic E-state index is -0.665. The van der Waals surface area contributed by atoms with E-state index in [1.54, 1.807) is 0 Å². The summed E-state index contributed by atoms with van der Waals surface area (Å²) in [5.41, 5.74) is 0.833. The van der Waals surface area contributed by atoms with Crippen LogP contribution in [0.2, 0.25) is 0 Å². The Morgan fingerprint density at radius 2 is 1.44 bits per heavy atom. The zero-order chi connectivity index (χ0) is 12.8. The summed E-state index contributed by atoms with van der Waals surface area (Å²) in [6.07, 6.45) is -0.665. The molecule has 0 aliphatic carbocycles. The Morgan fingerprint density at radius 1 is 0.889 bits per heavy atom. The molecule has 0 heterocycles. The van der Waals surface area contributed by atoms with Crippen LogP contribution in [0.3, 0.4) is 0 Å². The predicted molar refractivity (Wildman–Crippen MR) is 74.6 cm³/mol. The number of rotatable bonds is 5. The Labute approximate surface area is 111 Å². The molecule has 0 aliphatic rings. The second-order valence-electron chi connectivity index (χ2n) is 4.01. The van der Waals surface area contributed by atoms with Crippen molar-refractivity contribution < 1.29 is 10.2 Å². The van der Waals surface area contributed by atoms with E-state index in [1.165, 1.54) is 11.8 Å². The second-order valence-corrected chi connectivity index (χ2v) is 5.32. The van der Waals surface area contributed by atoms with E-state index in [4.69, 9.17) is 0 Å². The van der Waals surface area contributed by atoms with Gasteiger partial charge in [0.15, 0.2) is 0 Å². The monoisotopic (exact) mass is 260 g/mol. The Bertz CT molecular complexity index is 458. The minimum Gasteiger partial charge on any atom is -0.395 e. The molecule has 0 fully saturated rings. The van der Waals surface area contributed by atoms with Gasteiger partial charge in [0.1, 0.15) is 0 Å². The lowest BCUT2D eigenvalue weighted by atomic mass is 10.1. The number of aliphatic hydroxyl groups excluding tert-OH is 2. The number of benzene rings is 2. The summed E-state index contributed by atoms with van der Waals surface area (Å²) in [6.45, 7) is -0.0599. The highest BCUT2D eigenvalue weighted by atomic mass is 32.2. The van der Waals surface area contributed by atoms with Crippen molar-refractivity contribution in [3.63, 3.8) is 0 Å². The van der Waals surface area contributed by atoms with Gasteiger partial charge in [-0.25, -0.2) is 0 Å². The van der Waals surface area contributed by atoms with E-state index in [1.807, 2.05) is 60.7 Å². The molecule has 94 valence electrons. The maximum absolute atomic E-state index is 10.3. The Morgan fingerprint density at radius 3 is 2.00 bits per heavy atom. The fourth-order valence-corrected chi connectivity index (χ4v) is 2.76. The van der Waals surface area contributed by atoms with Gasteiger partial charge in [-0.3, -0.25) is 0 Å². The van der Waals surface area contributed by atoms with Crippen LogP contribution >= 0.6 is 11.8 Å². The fraction of sp³-hybridized carbons (Fsp3) is 0.200. The molecule has 18 heavy (non-hydrogen) atoms. The van der Waals surface area contributed by atoms with Crippen molar-refractivity contribution in [3.05, 3.63) is 66.2 Å². The molecule has 2 unspecified atom stereocenters. The molecule has 2 aromatic carbocycles. The fourth-order valence-electron chi connectivity index (χ4n) is 1.74. The van der Waals surface area contributed by atoms with E-state index in [9.17, 15) is 10.2 Å². The van der Waals surface area contributed by atoms with E-state index in [2.05, 4.69) is 0 Å². The average molecular weight is 260 g/mol. The first kappa shape index (κ1) is 13.1. The van der Waals surface area contributed by atoms with Crippen molar-refractivity contribution in [3.8, 4) is 0 Å². The van der Waals surface area contributed by atoms with Gasteiger partial charge >= 0.3 is 0 Å². The lowest BCUT2D eigenvalue weighted by Gasteiger charge is -2.20. The molecule has 0 radical (unpaired) electrons. The van der Waals surface area contributed by atoms with Gasteiger partial charge in [-0.15, -0.1) is 11.8 Å². The van der Waals surface area contributed by atoms with Gasteiger partial charge in [0.25, 0.3) is 0 Å². The van der Waals surface area contributed by atoms with Crippen molar-refractivity contribution in [2.75, 3.05) is 6.61 Å². The SMILES string of the molecule is OCC(Sc1ccccc1)C(O)c1ccccc1. The normalized spacial score (nSPS) is 14.1. The molecular weight excluding hydrogens is 244 g/mol. The lowest BCUT2D eigenvalue weighted by Crippen LogP contribution is -2.19. The summed E-state index contributed by atoms with van der Waals surface area (Å²) >= 11 is 1.49. The van der Waals surface area contributed by atoms with Crippen LogP contribution in [0.1, 0.15) is 11.7 Å². The molecule has 2 nitrogen and oxygen atoms in total. The molecule has 2 rings (SSSR count). The number of hydrogen-bond donors (Lipinski definition) is 2. The van der Waals surface area contributed by atoms with Gasteiger partial charge in [0.2, 0.25) is 0 Å². The number of aliphatic hydroxyl groups is 2. The van der Waals surface area contributed by atoms with Crippen LogP contribution in [0.15, 0.2) is 65.6 Å². The van der Waals surface area contributed by atoms with Gasteiger partial charge < -0.3 is 10.2 Å². The highest BCUT2D eigenvalue weighted by Crippen LogP contribution is 2.31. The quantitative estimate of drug-likeness (QED) is 0.812. The first-order chi connectivity index (χ1) is 8.81. The molecular formula is C15H16O2S. The zero-order valence-corrected chi connectivity index (χ0v) is 10.8. The van der Waals surface area contributed by atoms with Gasteiger partial charge in [0, 0.05) is 4.90 Å². The summed E-state index contributed by atoms with van der Waals surface area (Å²) in [6, 6.07) is 19.2. The van der Waals surface area contributed by atoms with Crippen LogP contribution in [-0.4, -0.2) is 22.1 Å². The molecule has 2 aromatic rings. The molecule has 0 saturated heterocycles. The van der Waals surface area contributed by atoms with E-state index < -0.39 is 6.10 Å². The molecule has 0 amide bonds. The smallest absolute Gasteiger partial charge is 0.0934 e. The molecule has 2 N–H and O–H groups in total. The molecule has 0 saturated carbocycles. The third-order valence-electron chi connectivity index (χ3n) is 2.70. The summed E-state index contributed by atoms with van der Waals surface area (Å²) in [5.74, 6) is 0. The molecule has 0 aliphatic heterocycles. The largest absolute Gasteiger partial charge is 0.395 e. The summed E-state index contributed by atoms with van der Waals surface area (Å²) in [5, 5.41) is 19.4. The summed E-state index contributed by atoms with van der Waals surface area (Å²) < 4.78 is 0. The van der Waals surface area contributed by atoms with Crippen molar-refractivity contribution in [2.45, 2.75) is 16.2 Å². The van der Waals surface area contributed by atoms with Crippen molar-refractivity contribution in [2.24, 2.45) is 0 Å². The maximum Gasteiger partial charge on any atom is 0.0934 e. The second kappa shape index (κ2) is 6.59. The molecule has 0 spiro atoms. The number of hydrogen-bond acceptors (Lipinski definition) is 3. The topological polar surface area (TPSA) is 40.5 Å². The predicted octanol–water partition coefficient (Wildman–Crippen LogP) is 2.87. The van der Waals surface area contributed by atoms with Crippen molar-refractivity contribution >= 4 is 11.8 Å². The molecule has 3 heteroatoms. The maximum atomic E-state index is 10.3. The average Bonchev–Trinajstić information content (AvgIpc) is 2.46. The first-order valence-corrected chi connectivity index (χ1v) is 6.75. The van der Waals surface area contributed by atoms with Crippen LogP contribution in [0.4, 0.5) is 0 Å². The van der Waals surface area contributed by atoms with E-state index >= 15 is 0 Å². The van der Waals surface area contributed by atoms with Crippen LogP contribution < -0.4 is 0 Å². The molecule has 0 bridgehead atoms. The van der Waals surface area contributed by atoms with Crippen LogP contribution in [0, 0.1) is 0 Å². The van der Waals surface area contributed by atoms with E-state index in [-0.39, 0.29) is 11.9 Å². The van der Waals surface area contributed by atoms with Crippen LogP contribution in [0.25, 0.3) is 0 Å². The number of thioether (sulfide) groups is 1. The third kappa shape index (κ3) is 3.35. The van der Waals surface area contributed by atoms with Crippen LogP contribution in [-0.2, 0) is 0 Å². The van der Waals surface area contributed by atoms with Gasteiger partial charge in [-0.2, -0.15) is 0 Å². The standard InChI is InChI=1S/C15H16O2S/c16-11-14(18-13-9-5-2-6-10-13)15(17)12-7-3-1-4-8-12/h1-10,14-17H,11H2. The molecule has 0 aromatic heterocycles. The zero-order valence-electron chi connectivity index (χ0n) is 9.94. The van der Waals surface area contributed by atoms with E-state index in [0.29, 0.717) is 0 Å². The first-order valence-electron chi connectivity index (χ1n) is 5.87. The third-order valence-corrected chi connectivity index (χ3v) is 3.96. The van der Waals surface area contributed by atoms with Crippen molar-refractivity contribution in [1.29, 1.82) is 0 Å². The lowest BCUT2D eigenvalue weighted by molar-refractivity contribution is 0.142. The highest BCUT2D eigenvalue weighted by Gasteiger charge is 2.21. The molecule has 2 atom stereocenters. The van der Waals surface area contributed by atoms with Crippen LogP contribution in [0.5, 0.6) is 0 Å². The van der Waals surface area contributed by atoms with Gasteiger partial charge in [-0.1, -0.05) is 48.5 Å². The van der Waals surface area contributed by atoms with Gasteiger partial charge in [-0.05, 0) is 17.7 Å². The Kier molecular flexibility index (Phi) is 4.81. The van der Waals surface area contributed by atoms with E-state index in [0.717, 1.165) is 10.5 Å². The minimum absolute atomic E-state index is 0.0599. The Balaban J connectivity index is 2.09. The summed E-state index contributed by atoms with van der Waals surface area (Å²) in [7, 11) is 0. The Hall–Kier alpha value is -1.29. The summed E-state index contributed by atoms with van der Waals surface area (Å²) in [4.78, 5) is 1.05. The van der Waals surface area contributed by atoms with Gasteiger partial charge in [0.05, 0.1) is 18.0 Å².